The molecule has 0 heterocycles. The summed E-state index contributed by atoms with van der Waals surface area (Å²) < 4.78 is 26.6. The van der Waals surface area contributed by atoms with E-state index in [1.165, 1.54) is 18.2 Å². The highest BCUT2D eigenvalue weighted by Crippen LogP contribution is 2.28. The van der Waals surface area contributed by atoms with Gasteiger partial charge in [0.1, 0.15) is 0 Å². The van der Waals surface area contributed by atoms with Gasteiger partial charge >= 0.3 is 0 Å². The quantitative estimate of drug-likeness (QED) is 0.633. The lowest BCUT2D eigenvalue weighted by atomic mass is 9.85. The first kappa shape index (κ1) is 15.9. The van der Waals surface area contributed by atoms with Crippen molar-refractivity contribution in [1.82, 2.24) is 4.72 Å². The van der Waals surface area contributed by atoms with Crippen LogP contribution in [0.5, 0.6) is 0 Å². The minimum atomic E-state index is -3.87. The molecule has 8 heteroatoms. The van der Waals surface area contributed by atoms with Crippen molar-refractivity contribution in [2.24, 2.45) is 0 Å². The van der Waals surface area contributed by atoms with E-state index in [-0.39, 0.29) is 17.1 Å². The van der Waals surface area contributed by atoms with Gasteiger partial charge in [-0.15, -0.1) is 0 Å². The first-order valence-corrected chi connectivity index (χ1v) is 8.27. The van der Waals surface area contributed by atoms with E-state index in [2.05, 4.69) is 4.72 Å². The zero-order valence-corrected chi connectivity index (χ0v) is 12.3. The molecule has 0 amide bonds. The van der Waals surface area contributed by atoms with Gasteiger partial charge in [-0.2, -0.15) is 0 Å². The van der Waals surface area contributed by atoms with Crippen molar-refractivity contribution in [2.45, 2.75) is 42.6 Å². The fraction of sp³-hybridized carbons (Fsp3) is 0.538. The number of non-ortho nitro benzene ring substituents is 1. The van der Waals surface area contributed by atoms with Gasteiger partial charge < -0.3 is 5.11 Å². The molecule has 1 aromatic rings. The summed E-state index contributed by atoms with van der Waals surface area (Å²) in [5.74, 6) is 0. The largest absolute Gasteiger partial charge is 0.389 e. The smallest absolute Gasteiger partial charge is 0.270 e. The monoisotopic (exact) mass is 314 g/mol. The molecule has 0 bridgehead atoms. The Labute approximate surface area is 123 Å². The highest BCUT2D eigenvalue weighted by atomic mass is 32.2. The second kappa shape index (κ2) is 6.08. The molecule has 1 fully saturated rings. The van der Waals surface area contributed by atoms with Crippen molar-refractivity contribution in [3.63, 3.8) is 0 Å². The molecule has 7 nitrogen and oxygen atoms in total. The SMILES string of the molecule is O=[N+]([O-])c1cccc(S(=O)(=O)NCC2(O)CCCCC2)c1. The zero-order chi connectivity index (χ0) is 15.5. The number of nitrogens with zero attached hydrogens (tertiary/aromatic N) is 1. The first-order chi connectivity index (χ1) is 9.82. The number of nitro groups is 1. The van der Waals surface area contributed by atoms with Crippen LogP contribution >= 0.6 is 0 Å². The van der Waals surface area contributed by atoms with Gasteiger partial charge in [0.25, 0.3) is 5.69 Å². The fourth-order valence-electron chi connectivity index (χ4n) is 2.46. The van der Waals surface area contributed by atoms with E-state index in [0.717, 1.165) is 25.3 Å². The Morgan fingerprint density at radius 2 is 1.95 bits per heavy atom. The van der Waals surface area contributed by atoms with Crippen molar-refractivity contribution in [3.05, 3.63) is 34.4 Å². The molecule has 0 aliphatic heterocycles. The number of hydrogen-bond acceptors (Lipinski definition) is 5. The molecule has 0 aromatic heterocycles. The number of aliphatic hydroxyl groups is 1. The maximum absolute atomic E-state index is 12.1. The van der Waals surface area contributed by atoms with Crippen LogP contribution in [0.2, 0.25) is 0 Å². The van der Waals surface area contributed by atoms with E-state index in [4.69, 9.17) is 0 Å². The molecule has 1 aliphatic rings. The maximum atomic E-state index is 12.1. The predicted molar refractivity (Wildman–Crippen MR) is 76.3 cm³/mol. The molecule has 0 atom stereocenters. The van der Waals surface area contributed by atoms with Crippen LogP contribution in [0.1, 0.15) is 32.1 Å². The standard InChI is InChI=1S/C13H18N2O5S/c16-13(7-2-1-3-8-13)10-14-21(19,20)12-6-4-5-11(9-12)15(17)18/h4-6,9,14,16H,1-3,7-8,10H2. The van der Waals surface area contributed by atoms with Crippen LogP contribution in [0.4, 0.5) is 5.69 Å². The Bertz CT molecular complexity index is 623. The van der Waals surface area contributed by atoms with E-state index in [9.17, 15) is 23.6 Å². The average molecular weight is 314 g/mol. The highest BCUT2D eigenvalue weighted by Gasteiger charge is 2.31. The number of nitro benzene ring substituents is 1. The molecule has 116 valence electrons. The van der Waals surface area contributed by atoms with Crippen LogP contribution in [0.3, 0.4) is 0 Å². The van der Waals surface area contributed by atoms with Crippen molar-refractivity contribution in [3.8, 4) is 0 Å². The van der Waals surface area contributed by atoms with Crippen LogP contribution < -0.4 is 4.72 Å². The normalized spacial score (nSPS) is 18.3. The van der Waals surface area contributed by atoms with E-state index in [1.807, 2.05) is 0 Å². The maximum Gasteiger partial charge on any atom is 0.270 e. The second-order valence-corrected chi connectivity index (χ2v) is 7.13. The second-order valence-electron chi connectivity index (χ2n) is 5.36. The summed E-state index contributed by atoms with van der Waals surface area (Å²) >= 11 is 0. The number of rotatable bonds is 5. The van der Waals surface area contributed by atoms with Gasteiger partial charge in [0.05, 0.1) is 15.4 Å². The Morgan fingerprint density at radius 1 is 1.29 bits per heavy atom. The summed E-state index contributed by atoms with van der Waals surface area (Å²) in [5, 5.41) is 21.0. The van der Waals surface area contributed by atoms with E-state index in [0.29, 0.717) is 12.8 Å². The third-order valence-electron chi connectivity index (χ3n) is 3.71. The fourth-order valence-corrected chi connectivity index (χ4v) is 3.62. The molecule has 0 unspecified atom stereocenters. The molecule has 2 N–H and O–H groups in total. The summed E-state index contributed by atoms with van der Waals surface area (Å²) in [4.78, 5) is 9.87. The number of benzene rings is 1. The summed E-state index contributed by atoms with van der Waals surface area (Å²) in [6.07, 6.45) is 3.90. The molecular formula is C13H18N2O5S. The van der Waals surface area contributed by atoms with Crippen LogP contribution in [-0.2, 0) is 10.0 Å². The molecule has 21 heavy (non-hydrogen) atoms. The van der Waals surface area contributed by atoms with Gasteiger partial charge in [-0.05, 0) is 18.9 Å². The molecule has 0 saturated heterocycles. The van der Waals surface area contributed by atoms with Crippen LogP contribution in [0.15, 0.2) is 29.2 Å². The van der Waals surface area contributed by atoms with Gasteiger partial charge in [-0.1, -0.05) is 25.3 Å². The van der Waals surface area contributed by atoms with Crippen LogP contribution in [0.25, 0.3) is 0 Å². The molecule has 0 spiro atoms. The van der Waals surface area contributed by atoms with Crippen molar-refractivity contribution < 1.29 is 18.4 Å². The Balaban J connectivity index is 2.11. The lowest BCUT2D eigenvalue weighted by Gasteiger charge is -2.32. The Kier molecular flexibility index (Phi) is 4.60. The summed E-state index contributed by atoms with van der Waals surface area (Å²) in [7, 11) is -3.87. The summed E-state index contributed by atoms with van der Waals surface area (Å²) in [6, 6.07) is 4.85. The predicted octanol–water partition coefficient (Wildman–Crippen LogP) is 1.57. The van der Waals surface area contributed by atoms with E-state index >= 15 is 0 Å². The van der Waals surface area contributed by atoms with Gasteiger partial charge in [0.15, 0.2) is 0 Å². The van der Waals surface area contributed by atoms with Crippen molar-refractivity contribution in [1.29, 1.82) is 0 Å². The molecule has 1 saturated carbocycles. The molecular weight excluding hydrogens is 296 g/mol. The third kappa shape index (κ3) is 3.99. The Morgan fingerprint density at radius 3 is 2.57 bits per heavy atom. The number of hydrogen-bond donors (Lipinski definition) is 2. The molecule has 0 radical (unpaired) electrons. The van der Waals surface area contributed by atoms with E-state index < -0.39 is 20.5 Å². The zero-order valence-electron chi connectivity index (χ0n) is 11.5. The average Bonchev–Trinajstić information content (AvgIpc) is 2.46. The number of nitrogens with one attached hydrogen (secondary N) is 1. The minimum Gasteiger partial charge on any atom is -0.389 e. The van der Waals surface area contributed by atoms with Gasteiger partial charge in [-0.3, -0.25) is 10.1 Å². The van der Waals surface area contributed by atoms with Crippen molar-refractivity contribution in [2.75, 3.05) is 6.54 Å². The van der Waals surface area contributed by atoms with Gasteiger partial charge in [-0.25, -0.2) is 13.1 Å². The highest BCUT2D eigenvalue weighted by molar-refractivity contribution is 7.89. The molecule has 1 aromatic carbocycles. The minimum absolute atomic E-state index is 0.0714. The topological polar surface area (TPSA) is 110 Å². The summed E-state index contributed by atoms with van der Waals surface area (Å²) in [5.41, 5.74) is -1.30. The van der Waals surface area contributed by atoms with E-state index in [1.54, 1.807) is 0 Å². The number of sulfonamides is 1. The van der Waals surface area contributed by atoms with Crippen LogP contribution in [-0.4, -0.2) is 30.6 Å². The van der Waals surface area contributed by atoms with Crippen molar-refractivity contribution >= 4 is 15.7 Å². The molecule has 1 aliphatic carbocycles. The van der Waals surface area contributed by atoms with Crippen LogP contribution in [0, 0.1) is 10.1 Å². The van der Waals surface area contributed by atoms with Gasteiger partial charge in [0, 0.05) is 18.7 Å². The summed E-state index contributed by atoms with van der Waals surface area (Å²) in [6.45, 7) is -0.0714. The lowest BCUT2D eigenvalue weighted by Crippen LogP contribution is -2.44. The lowest BCUT2D eigenvalue weighted by molar-refractivity contribution is -0.385. The molecule has 2 rings (SSSR count). The third-order valence-corrected chi connectivity index (χ3v) is 5.11. The Hall–Kier alpha value is -1.51. The first-order valence-electron chi connectivity index (χ1n) is 6.79. The van der Waals surface area contributed by atoms with Gasteiger partial charge in [0.2, 0.25) is 10.0 Å².